The molecule has 0 unspecified atom stereocenters. The lowest BCUT2D eigenvalue weighted by molar-refractivity contribution is -0.132. The predicted octanol–water partition coefficient (Wildman–Crippen LogP) is 1.78. The van der Waals surface area contributed by atoms with Crippen molar-refractivity contribution < 1.29 is 14.0 Å². The Balaban J connectivity index is 1.56. The van der Waals surface area contributed by atoms with Crippen LogP contribution in [-0.4, -0.2) is 54.3 Å². The van der Waals surface area contributed by atoms with Gasteiger partial charge in [-0.2, -0.15) is 0 Å². The molecule has 2 fully saturated rings. The number of halogens is 1. The zero-order chi connectivity index (χ0) is 17.9. The van der Waals surface area contributed by atoms with E-state index in [9.17, 15) is 14.0 Å². The monoisotopic (exact) mass is 347 g/mol. The summed E-state index contributed by atoms with van der Waals surface area (Å²) in [4.78, 5) is 27.5. The van der Waals surface area contributed by atoms with Crippen LogP contribution in [0.3, 0.4) is 0 Å². The molecule has 2 aliphatic heterocycles. The van der Waals surface area contributed by atoms with Gasteiger partial charge >= 0.3 is 0 Å². The number of nitrogens with zero attached hydrogens (tertiary/aromatic N) is 2. The number of nitrogens with one attached hydrogen (secondary N) is 1. The maximum Gasteiger partial charge on any atom is 0.241 e. The zero-order valence-electron chi connectivity index (χ0n) is 14.8. The number of amides is 2. The van der Waals surface area contributed by atoms with Crippen molar-refractivity contribution in [2.24, 2.45) is 5.41 Å². The second-order valence-corrected chi connectivity index (χ2v) is 7.42. The molecule has 0 bridgehead atoms. The summed E-state index contributed by atoms with van der Waals surface area (Å²) in [6.45, 7) is 5.88. The molecule has 1 atom stereocenters. The standard InChI is InChI=1S/C19H26FN3O2/c1-15(24)21-11-18(25)23-10-8-19(14-23)7-2-9-22(13-19)12-16-3-5-17(20)6-4-16/h3-6H,2,7-14H2,1H3,(H,21,24)/t19-/m1/s1. The van der Waals surface area contributed by atoms with E-state index in [1.165, 1.54) is 19.1 Å². The topological polar surface area (TPSA) is 52.7 Å². The summed E-state index contributed by atoms with van der Waals surface area (Å²) in [6.07, 6.45) is 3.27. The van der Waals surface area contributed by atoms with Gasteiger partial charge in [-0.25, -0.2) is 4.39 Å². The van der Waals surface area contributed by atoms with E-state index in [-0.39, 0.29) is 29.6 Å². The second-order valence-electron chi connectivity index (χ2n) is 7.42. The highest BCUT2D eigenvalue weighted by Gasteiger charge is 2.42. The molecule has 1 spiro atoms. The van der Waals surface area contributed by atoms with Gasteiger partial charge in [0.1, 0.15) is 5.82 Å². The fourth-order valence-electron chi connectivity index (χ4n) is 4.09. The summed E-state index contributed by atoms with van der Waals surface area (Å²) >= 11 is 0. The molecule has 0 aromatic heterocycles. The van der Waals surface area contributed by atoms with Crippen molar-refractivity contribution >= 4 is 11.8 Å². The van der Waals surface area contributed by atoms with E-state index in [2.05, 4.69) is 10.2 Å². The van der Waals surface area contributed by atoms with Crippen molar-refractivity contribution in [1.82, 2.24) is 15.1 Å². The molecule has 5 nitrogen and oxygen atoms in total. The number of carbonyl (C=O) groups is 2. The molecule has 25 heavy (non-hydrogen) atoms. The number of carbonyl (C=O) groups excluding carboxylic acids is 2. The molecule has 2 amide bonds. The Kier molecular flexibility index (Phi) is 5.37. The Morgan fingerprint density at radius 1 is 1.16 bits per heavy atom. The van der Waals surface area contributed by atoms with E-state index in [1.54, 1.807) is 0 Å². The number of piperidine rings is 1. The highest BCUT2D eigenvalue weighted by molar-refractivity contribution is 5.83. The van der Waals surface area contributed by atoms with E-state index in [4.69, 9.17) is 0 Å². The maximum atomic E-state index is 13.1. The minimum atomic E-state index is -0.206. The highest BCUT2D eigenvalue weighted by atomic mass is 19.1. The van der Waals surface area contributed by atoms with E-state index >= 15 is 0 Å². The van der Waals surface area contributed by atoms with Crippen LogP contribution < -0.4 is 5.32 Å². The molecular weight excluding hydrogens is 321 g/mol. The first kappa shape index (κ1) is 17.9. The lowest BCUT2D eigenvalue weighted by atomic mass is 9.79. The average Bonchev–Trinajstić information content (AvgIpc) is 2.98. The lowest BCUT2D eigenvalue weighted by Gasteiger charge is -2.40. The van der Waals surface area contributed by atoms with E-state index in [0.717, 1.165) is 57.5 Å². The minimum absolute atomic E-state index is 0.00253. The second kappa shape index (κ2) is 7.52. The van der Waals surface area contributed by atoms with E-state index in [1.807, 2.05) is 17.0 Å². The summed E-state index contributed by atoms with van der Waals surface area (Å²) in [7, 11) is 0. The van der Waals surface area contributed by atoms with Gasteiger partial charge in [-0.1, -0.05) is 12.1 Å². The minimum Gasteiger partial charge on any atom is -0.347 e. The Hall–Kier alpha value is -1.95. The zero-order valence-corrected chi connectivity index (χ0v) is 14.8. The largest absolute Gasteiger partial charge is 0.347 e. The van der Waals surface area contributed by atoms with Gasteiger partial charge in [0.2, 0.25) is 11.8 Å². The van der Waals surface area contributed by atoms with Crippen LogP contribution in [-0.2, 0) is 16.1 Å². The maximum absolute atomic E-state index is 13.1. The van der Waals surface area contributed by atoms with Crippen molar-refractivity contribution in [2.75, 3.05) is 32.7 Å². The van der Waals surface area contributed by atoms with Crippen LogP contribution in [0.5, 0.6) is 0 Å². The molecule has 1 N–H and O–H groups in total. The Morgan fingerprint density at radius 3 is 2.64 bits per heavy atom. The third-order valence-corrected chi connectivity index (χ3v) is 5.34. The van der Waals surface area contributed by atoms with Crippen LogP contribution in [0, 0.1) is 11.2 Å². The molecular formula is C19H26FN3O2. The normalized spacial score (nSPS) is 23.8. The molecule has 0 aliphatic carbocycles. The van der Waals surface area contributed by atoms with Crippen molar-refractivity contribution in [3.8, 4) is 0 Å². The molecule has 1 aromatic rings. The first-order chi connectivity index (χ1) is 12.0. The number of likely N-dealkylation sites (tertiary alicyclic amines) is 2. The molecule has 2 heterocycles. The first-order valence-corrected chi connectivity index (χ1v) is 8.95. The molecule has 0 radical (unpaired) electrons. The third kappa shape index (κ3) is 4.57. The Morgan fingerprint density at radius 2 is 1.92 bits per heavy atom. The van der Waals surface area contributed by atoms with Crippen molar-refractivity contribution in [3.63, 3.8) is 0 Å². The van der Waals surface area contributed by atoms with Gasteiger partial charge in [0.05, 0.1) is 6.54 Å². The van der Waals surface area contributed by atoms with Crippen LogP contribution in [0.1, 0.15) is 31.7 Å². The van der Waals surface area contributed by atoms with Crippen LogP contribution in [0.4, 0.5) is 4.39 Å². The summed E-state index contributed by atoms with van der Waals surface area (Å²) in [5.74, 6) is -0.379. The Labute approximate surface area is 148 Å². The summed E-state index contributed by atoms with van der Waals surface area (Å²) in [5, 5.41) is 2.59. The number of hydrogen-bond acceptors (Lipinski definition) is 3. The molecule has 136 valence electrons. The molecule has 3 rings (SSSR count). The predicted molar refractivity (Wildman–Crippen MR) is 93.2 cm³/mol. The average molecular weight is 347 g/mol. The van der Waals surface area contributed by atoms with Crippen LogP contribution in [0.15, 0.2) is 24.3 Å². The SMILES string of the molecule is CC(=O)NCC(=O)N1CC[C@@]2(CCCN(Cc3ccc(F)cc3)C2)C1. The summed E-state index contributed by atoms with van der Waals surface area (Å²) < 4.78 is 13.1. The van der Waals surface area contributed by atoms with Crippen molar-refractivity contribution in [1.29, 1.82) is 0 Å². The summed E-state index contributed by atoms with van der Waals surface area (Å²) in [5.41, 5.74) is 1.28. The van der Waals surface area contributed by atoms with Gasteiger partial charge in [0, 0.05) is 38.5 Å². The molecule has 2 saturated heterocycles. The molecule has 1 aromatic carbocycles. The van der Waals surface area contributed by atoms with Crippen molar-refractivity contribution in [2.45, 2.75) is 32.7 Å². The Bertz CT molecular complexity index is 634. The lowest BCUT2D eigenvalue weighted by Crippen LogP contribution is -2.46. The van der Waals surface area contributed by atoms with Crippen molar-refractivity contribution in [3.05, 3.63) is 35.6 Å². The van der Waals surface area contributed by atoms with Gasteiger partial charge in [-0.3, -0.25) is 14.5 Å². The summed E-state index contributed by atoms with van der Waals surface area (Å²) in [6, 6.07) is 6.70. The molecule has 0 saturated carbocycles. The van der Waals surface area contributed by atoms with Crippen LogP contribution in [0.2, 0.25) is 0 Å². The number of hydrogen-bond donors (Lipinski definition) is 1. The van der Waals surface area contributed by atoms with Crippen LogP contribution in [0.25, 0.3) is 0 Å². The van der Waals surface area contributed by atoms with Gasteiger partial charge in [0.15, 0.2) is 0 Å². The third-order valence-electron chi connectivity index (χ3n) is 5.34. The highest BCUT2D eigenvalue weighted by Crippen LogP contribution is 2.39. The fourth-order valence-corrected chi connectivity index (χ4v) is 4.09. The fraction of sp³-hybridized carbons (Fsp3) is 0.579. The quantitative estimate of drug-likeness (QED) is 0.903. The van der Waals surface area contributed by atoms with Gasteiger partial charge in [0.25, 0.3) is 0 Å². The number of rotatable bonds is 4. The molecule has 6 heteroatoms. The van der Waals surface area contributed by atoms with Crippen LogP contribution >= 0.6 is 0 Å². The smallest absolute Gasteiger partial charge is 0.241 e. The molecule has 2 aliphatic rings. The van der Waals surface area contributed by atoms with E-state index < -0.39 is 0 Å². The number of benzene rings is 1. The first-order valence-electron chi connectivity index (χ1n) is 8.95. The van der Waals surface area contributed by atoms with Gasteiger partial charge < -0.3 is 10.2 Å². The van der Waals surface area contributed by atoms with Gasteiger partial charge in [-0.15, -0.1) is 0 Å². The van der Waals surface area contributed by atoms with Gasteiger partial charge in [-0.05, 0) is 43.5 Å². The van der Waals surface area contributed by atoms with E-state index in [0.29, 0.717) is 0 Å².